The van der Waals surface area contributed by atoms with Crippen LogP contribution in [0.25, 0.3) is 16.6 Å². The van der Waals surface area contributed by atoms with E-state index in [-0.39, 0.29) is 11.5 Å². The minimum Gasteiger partial charge on any atom is -0.349 e. The smallest absolute Gasteiger partial charge is 0.280 e. The van der Waals surface area contributed by atoms with E-state index in [1.165, 1.54) is 0 Å². The maximum absolute atomic E-state index is 13.7. The zero-order valence-corrected chi connectivity index (χ0v) is 17.8. The molecule has 4 rings (SSSR count). The molecule has 2 aromatic heterocycles. The minimum atomic E-state index is -0.832. The molecule has 0 fully saturated rings. The van der Waals surface area contributed by atoms with E-state index in [1.54, 1.807) is 16.0 Å². The van der Waals surface area contributed by atoms with Gasteiger partial charge in [0.1, 0.15) is 6.04 Å². The molecule has 1 unspecified atom stereocenters. The average Bonchev–Trinajstić information content (AvgIpc) is 3.07. The van der Waals surface area contributed by atoms with Crippen molar-refractivity contribution in [1.29, 1.82) is 0 Å². The molecule has 30 heavy (non-hydrogen) atoms. The molecular weight excluding hydrogens is 378 g/mol. The number of carbonyl (C=O) groups is 1. The highest BCUT2D eigenvalue weighted by Crippen LogP contribution is 2.25. The zero-order valence-electron chi connectivity index (χ0n) is 17.8. The van der Waals surface area contributed by atoms with E-state index < -0.39 is 11.6 Å². The van der Waals surface area contributed by atoms with Crippen LogP contribution in [0.1, 0.15) is 43.6 Å². The molecule has 7 heteroatoms. The summed E-state index contributed by atoms with van der Waals surface area (Å²) in [5.74, 6) is -0.243. The van der Waals surface area contributed by atoms with E-state index in [0.717, 1.165) is 11.1 Å². The fraction of sp³-hybridized carbons (Fsp3) is 0.304. The number of aryl methyl sites for hydroxylation is 2. The summed E-state index contributed by atoms with van der Waals surface area (Å²) in [6, 6.07) is 14.3. The molecule has 0 saturated heterocycles. The van der Waals surface area contributed by atoms with Crippen LogP contribution in [-0.4, -0.2) is 30.8 Å². The van der Waals surface area contributed by atoms with Crippen LogP contribution in [0.5, 0.6) is 0 Å². The SMILES string of the molecule is Cc1ccc(C(C(=O)NC(C)(C)C)n2c(=O)c3c(C)nnn3c3ccccc32)cc1. The highest BCUT2D eigenvalue weighted by Gasteiger charge is 2.30. The van der Waals surface area contributed by atoms with Crippen molar-refractivity contribution in [2.75, 3.05) is 0 Å². The maximum atomic E-state index is 13.7. The molecule has 0 radical (unpaired) electrons. The van der Waals surface area contributed by atoms with Gasteiger partial charge in [-0.05, 0) is 52.3 Å². The van der Waals surface area contributed by atoms with Crippen LogP contribution in [-0.2, 0) is 4.79 Å². The molecule has 0 aliphatic carbocycles. The number of rotatable bonds is 3. The van der Waals surface area contributed by atoms with Gasteiger partial charge in [0.2, 0.25) is 5.91 Å². The van der Waals surface area contributed by atoms with Crippen LogP contribution in [0.15, 0.2) is 53.3 Å². The maximum Gasteiger partial charge on any atom is 0.280 e. The van der Waals surface area contributed by atoms with Crippen LogP contribution in [0, 0.1) is 13.8 Å². The molecular formula is C23H25N5O2. The molecule has 154 valence electrons. The number of benzene rings is 2. The predicted octanol–water partition coefficient (Wildman–Crippen LogP) is 3.17. The molecule has 1 atom stereocenters. The van der Waals surface area contributed by atoms with Gasteiger partial charge in [-0.25, -0.2) is 4.52 Å². The lowest BCUT2D eigenvalue weighted by atomic mass is 10.0. The summed E-state index contributed by atoms with van der Waals surface area (Å²) in [6.07, 6.45) is 0. The van der Waals surface area contributed by atoms with E-state index in [1.807, 2.05) is 76.2 Å². The van der Waals surface area contributed by atoms with Gasteiger partial charge in [0.15, 0.2) is 5.52 Å². The monoisotopic (exact) mass is 403 g/mol. The highest BCUT2D eigenvalue weighted by atomic mass is 16.2. The second kappa shape index (κ2) is 7.09. The van der Waals surface area contributed by atoms with Crippen molar-refractivity contribution < 1.29 is 4.79 Å². The summed E-state index contributed by atoms with van der Waals surface area (Å²) in [7, 11) is 0. The number of nitrogens with zero attached hydrogens (tertiary/aromatic N) is 4. The average molecular weight is 403 g/mol. The van der Waals surface area contributed by atoms with Gasteiger partial charge in [0.05, 0.1) is 16.7 Å². The van der Waals surface area contributed by atoms with E-state index in [2.05, 4.69) is 15.6 Å². The molecule has 2 heterocycles. The quantitative estimate of drug-likeness (QED) is 0.570. The Morgan fingerprint density at radius 2 is 1.63 bits per heavy atom. The first kappa shape index (κ1) is 19.8. The van der Waals surface area contributed by atoms with Crippen molar-refractivity contribution in [2.45, 2.75) is 46.2 Å². The number of hydrogen-bond acceptors (Lipinski definition) is 4. The molecule has 7 nitrogen and oxygen atoms in total. The number of hydrogen-bond donors (Lipinski definition) is 1. The lowest BCUT2D eigenvalue weighted by molar-refractivity contribution is -0.124. The van der Waals surface area contributed by atoms with E-state index in [0.29, 0.717) is 22.2 Å². The predicted molar refractivity (Wildman–Crippen MR) is 117 cm³/mol. The van der Waals surface area contributed by atoms with Gasteiger partial charge in [-0.15, -0.1) is 5.10 Å². The van der Waals surface area contributed by atoms with E-state index >= 15 is 0 Å². The Labute approximate surface area is 174 Å². The minimum absolute atomic E-state index is 0.243. The molecule has 0 spiro atoms. The van der Waals surface area contributed by atoms with Gasteiger partial charge in [0, 0.05) is 5.54 Å². The van der Waals surface area contributed by atoms with Gasteiger partial charge in [-0.2, -0.15) is 0 Å². The summed E-state index contributed by atoms with van der Waals surface area (Å²) in [6.45, 7) is 9.51. The van der Waals surface area contributed by atoms with E-state index in [4.69, 9.17) is 0 Å². The second-order valence-electron chi connectivity index (χ2n) is 8.65. The number of carbonyl (C=O) groups excluding carboxylic acids is 1. The van der Waals surface area contributed by atoms with Gasteiger partial charge >= 0.3 is 0 Å². The topological polar surface area (TPSA) is 81.3 Å². The van der Waals surface area contributed by atoms with Gasteiger partial charge in [-0.1, -0.05) is 47.2 Å². The number of fused-ring (bicyclic) bond motifs is 3. The number of aromatic nitrogens is 4. The lowest BCUT2D eigenvalue weighted by Gasteiger charge is -2.27. The molecule has 1 amide bonds. The summed E-state index contributed by atoms with van der Waals surface area (Å²) in [4.78, 5) is 27.1. The van der Waals surface area contributed by atoms with Crippen molar-refractivity contribution in [1.82, 2.24) is 24.7 Å². The first-order chi connectivity index (χ1) is 14.2. The molecule has 0 saturated carbocycles. The van der Waals surface area contributed by atoms with Crippen LogP contribution in [0.2, 0.25) is 0 Å². The van der Waals surface area contributed by atoms with Gasteiger partial charge in [0.25, 0.3) is 5.56 Å². The van der Waals surface area contributed by atoms with Crippen molar-refractivity contribution in [3.05, 3.63) is 75.7 Å². The van der Waals surface area contributed by atoms with Crippen LogP contribution in [0.3, 0.4) is 0 Å². The third-order valence-corrected chi connectivity index (χ3v) is 5.03. The molecule has 0 bridgehead atoms. The Morgan fingerprint density at radius 1 is 1.00 bits per heavy atom. The van der Waals surface area contributed by atoms with Crippen molar-refractivity contribution in [2.24, 2.45) is 0 Å². The second-order valence-corrected chi connectivity index (χ2v) is 8.65. The number of para-hydroxylation sites is 2. The number of nitrogens with one attached hydrogen (secondary N) is 1. The van der Waals surface area contributed by atoms with Gasteiger partial charge < -0.3 is 5.32 Å². The third-order valence-electron chi connectivity index (χ3n) is 5.03. The molecule has 2 aromatic carbocycles. The summed E-state index contributed by atoms with van der Waals surface area (Å²) >= 11 is 0. The first-order valence-corrected chi connectivity index (χ1v) is 9.91. The Morgan fingerprint density at radius 3 is 2.27 bits per heavy atom. The van der Waals surface area contributed by atoms with Gasteiger partial charge in [-0.3, -0.25) is 14.2 Å². The standard InChI is InChI=1S/C23H25N5O2/c1-14-10-12-16(13-11-14)20(21(29)24-23(3,4)5)27-17-8-6-7-9-18(17)28-19(22(27)30)15(2)25-26-28/h6-13,20H,1-5H3,(H,24,29). The van der Waals surface area contributed by atoms with Crippen LogP contribution in [0.4, 0.5) is 0 Å². The summed E-state index contributed by atoms with van der Waals surface area (Å²) in [5.41, 5.74) is 3.31. The van der Waals surface area contributed by atoms with Crippen LogP contribution >= 0.6 is 0 Å². The normalized spacial score (nSPS) is 13.0. The highest BCUT2D eigenvalue weighted by molar-refractivity contribution is 5.88. The van der Waals surface area contributed by atoms with Crippen molar-refractivity contribution in [3.63, 3.8) is 0 Å². The zero-order chi connectivity index (χ0) is 21.6. The number of amides is 1. The Hall–Kier alpha value is -3.48. The Bertz CT molecular complexity index is 1310. The van der Waals surface area contributed by atoms with E-state index in [9.17, 15) is 9.59 Å². The lowest BCUT2D eigenvalue weighted by Crippen LogP contribution is -2.46. The Kier molecular flexibility index (Phi) is 4.68. The third kappa shape index (κ3) is 3.36. The van der Waals surface area contributed by atoms with Crippen molar-refractivity contribution in [3.8, 4) is 0 Å². The fourth-order valence-corrected chi connectivity index (χ4v) is 3.70. The summed E-state index contributed by atoms with van der Waals surface area (Å²) in [5, 5.41) is 11.3. The molecule has 0 aliphatic heterocycles. The fourth-order valence-electron chi connectivity index (χ4n) is 3.70. The largest absolute Gasteiger partial charge is 0.349 e. The summed E-state index contributed by atoms with van der Waals surface area (Å²) < 4.78 is 3.12. The first-order valence-electron chi connectivity index (χ1n) is 9.91. The van der Waals surface area contributed by atoms with Crippen LogP contribution < -0.4 is 10.9 Å². The molecule has 4 aromatic rings. The Balaban J connectivity index is 2.08. The van der Waals surface area contributed by atoms with Crippen molar-refractivity contribution >= 4 is 22.5 Å². The molecule has 0 aliphatic rings. The molecule has 1 N–H and O–H groups in total.